The molecular weight excluding hydrogens is 164 g/mol. The molecular formula is C11H14S. The van der Waals surface area contributed by atoms with Crippen molar-refractivity contribution in [2.45, 2.75) is 31.1 Å². The van der Waals surface area contributed by atoms with Crippen molar-refractivity contribution >= 4 is 11.8 Å². The average molecular weight is 178 g/mol. The topological polar surface area (TPSA) is 0 Å². The van der Waals surface area contributed by atoms with E-state index in [1.54, 1.807) is 5.56 Å². The predicted octanol–water partition coefficient (Wildman–Crippen LogP) is 3.29. The summed E-state index contributed by atoms with van der Waals surface area (Å²) in [6.07, 6.45) is 3.80. The first-order valence-electron chi connectivity index (χ1n) is 4.65. The Morgan fingerprint density at radius 1 is 1.42 bits per heavy atom. The van der Waals surface area contributed by atoms with Crippen molar-refractivity contribution < 1.29 is 0 Å². The predicted molar refractivity (Wildman–Crippen MR) is 54.9 cm³/mol. The van der Waals surface area contributed by atoms with Gasteiger partial charge in [-0.05, 0) is 42.2 Å². The van der Waals surface area contributed by atoms with Crippen LogP contribution in [0.2, 0.25) is 0 Å². The summed E-state index contributed by atoms with van der Waals surface area (Å²) in [5.74, 6) is 1.30. The fourth-order valence-corrected chi connectivity index (χ4v) is 2.65. The third kappa shape index (κ3) is 1.51. The lowest BCUT2D eigenvalue weighted by Crippen LogP contribution is -1.98. The molecule has 0 N–H and O–H groups in total. The van der Waals surface area contributed by atoms with Crippen LogP contribution in [0.5, 0.6) is 0 Å². The van der Waals surface area contributed by atoms with Crippen LogP contribution < -0.4 is 0 Å². The van der Waals surface area contributed by atoms with E-state index in [9.17, 15) is 0 Å². The molecule has 0 aromatic heterocycles. The fraction of sp³-hybridized carbons (Fsp3) is 0.455. The molecule has 0 aliphatic carbocycles. The lowest BCUT2D eigenvalue weighted by molar-refractivity contribution is 0.884. The SMILES string of the molecule is CCc1ccc2c(c1)CCCS2. The molecule has 0 saturated carbocycles. The average Bonchev–Trinajstić information content (AvgIpc) is 2.17. The lowest BCUT2D eigenvalue weighted by Gasteiger charge is -2.15. The molecule has 1 aromatic rings. The number of thioether (sulfide) groups is 1. The quantitative estimate of drug-likeness (QED) is 0.636. The lowest BCUT2D eigenvalue weighted by atomic mass is 10.1. The monoisotopic (exact) mass is 178 g/mol. The van der Waals surface area contributed by atoms with E-state index >= 15 is 0 Å². The Labute approximate surface area is 78.4 Å². The van der Waals surface area contributed by atoms with Gasteiger partial charge < -0.3 is 0 Å². The summed E-state index contributed by atoms with van der Waals surface area (Å²) in [5.41, 5.74) is 3.06. The second kappa shape index (κ2) is 3.53. The number of aryl methyl sites for hydroxylation is 2. The highest BCUT2D eigenvalue weighted by molar-refractivity contribution is 7.99. The molecule has 2 rings (SSSR count). The zero-order valence-electron chi connectivity index (χ0n) is 7.47. The Morgan fingerprint density at radius 2 is 2.33 bits per heavy atom. The molecule has 1 heteroatoms. The largest absolute Gasteiger partial charge is 0.126 e. The number of hydrogen-bond acceptors (Lipinski definition) is 1. The Hall–Kier alpha value is -0.430. The van der Waals surface area contributed by atoms with Crippen LogP contribution in [0.3, 0.4) is 0 Å². The Bertz CT molecular complexity index is 278. The molecule has 0 radical (unpaired) electrons. The second-order valence-corrected chi connectivity index (χ2v) is 4.38. The van der Waals surface area contributed by atoms with E-state index in [-0.39, 0.29) is 0 Å². The van der Waals surface area contributed by atoms with Crippen molar-refractivity contribution in [2.24, 2.45) is 0 Å². The van der Waals surface area contributed by atoms with Gasteiger partial charge in [0.15, 0.2) is 0 Å². The van der Waals surface area contributed by atoms with Gasteiger partial charge in [0.25, 0.3) is 0 Å². The van der Waals surface area contributed by atoms with E-state index in [4.69, 9.17) is 0 Å². The van der Waals surface area contributed by atoms with Crippen LogP contribution in [0.4, 0.5) is 0 Å². The first-order valence-corrected chi connectivity index (χ1v) is 5.63. The molecule has 0 spiro atoms. The molecule has 0 saturated heterocycles. The second-order valence-electron chi connectivity index (χ2n) is 3.25. The maximum Gasteiger partial charge on any atom is 0.0104 e. The van der Waals surface area contributed by atoms with Crippen LogP contribution in [0.25, 0.3) is 0 Å². The molecule has 1 heterocycles. The third-order valence-electron chi connectivity index (χ3n) is 2.38. The molecule has 0 unspecified atom stereocenters. The van der Waals surface area contributed by atoms with E-state index in [0.717, 1.165) is 6.42 Å². The van der Waals surface area contributed by atoms with Crippen LogP contribution in [0, 0.1) is 0 Å². The van der Waals surface area contributed by atoms with Crippen LogP contribution >= 0.6 is 11.8 Å². The molecule has 0 bridgehead atoms. The van der Waals surface area contributed by atoms with Gasteiger partial charge in [0.2, 0.25) is 0 Å². The van der Waals surface area contributed by atoms with Crippen molar-refractivity contribution in [2.75, 3.05) is 5.75 Å². The molecule has 1 aliphatic rings. The van der Waals surface area contributed by atoms with Gasteiger partial charge in [-0.15, -0.1) is 11.8 Å². The van der Waals surface area contributed by atoms with Crippen molar-refractivity contribution in [3.05, 3.63) is 29.3 Å². The number of fused-ring (bicyclic) bond motifs is 1. The summed E-state index contributed by atoms with van der Waals surface area (Å²) in [6, 6.07) is 6.93. The van der Waals surface area contributed by atoms with Crippen LogP contribution in [-0.2, 0) is 12.8 Å². The van der Waals surface area contributed by atoms with E-state index < -0.39 is 0 Å². The molecule has 64 valence electrons. The highest BCUT2D eigenvalue weighted by atomic mass is 32.2. The van der Waals surface area contributed by atoms with Gasteiger partial charge in [0.05, 0.1) is 0 Å². The standard InChI is InChI=1S/C11H14S/c1-2-9-5-6-11-10(8-9)4-3-7-12-11/h5-6,8H,2-4,7H2,1H3. The Morgan fingerprint density at radius 3 is 3.17 bits per heavy atom. The maximum absolute atomic E-state index is 2.38. The minimum Gasteiger partial charge on any atom is -0.126 e. The summed E-state index contributed by atoms with van der Waals surface area (Å²) in [7, 11) is 0. The third-order valence-corrected chi connectivity index (χ3v) is 3.58. The van der Waals surface area contributed by atoms with E-state index in [0.29, 0.717) is 0 Å². The summed E-state index contributed by atoms with van der Waals surface area (Å²) < 4.78 is 0. The maximum atomic E-state index is 2.38. The molecule has 0 amide bonds. The Kier molecular flexibility index (Phi) is 2.40. The van der Waals surface area contributed by atoms with Crippen molar-refractivity contribution in [1.82, 2.24) is 0 Å². The van der Waals surface area contributed by atoms with Crippen molar-refractivity contribution in [1.29, 1.82) is 0 Å². The highest BCUT2D eigenvalue weighted by Crippen LogP contribution is 2.30. The van der Waals surface area contributed by atoms with Gasteiger partial charge in [-0.2, -0.15) is 0 Å². The Balaban J connectivity index is 2.36. The molecule has 0 nitrogen and oxygen atoms in total. The van der Waals surface area contributed by atoms with Gasteiger partial charge in [-0.25, -0.2) is 0 Å². The van der Waals surface area contributed by atoms with E-state index in [1.807, 2.05) is 11.8 Å². The zero-order chi connectivity index (χ0) is 8.39. The van der Waals surface area contributed by atoms with Gasteiger partial charge in [0.1, 0.15) is 0 Å². The smallest absolute Gasteiger partial charge is 0.0104 e. The molecule has 1 aliphatic heterocycles. The molecule has 12 heavy (non-hydrogen) atoms. The van der Waals surface area contributed by atoms with Crippen molar-refractivity contribution in [3.63, 3.8) is 0 Å². The van der Waals surface area contributed by atoms with Crippen molar-refractivity contribution in [3.8, 4) is 0 Å². The van der Waals surface area contributed by atoms with Gasteiger partial charge in [-0.1, -0.05) is 19.1 Å². The summed E-state index contributed by atoms with van der Waals surface area (Å²) in [6.45, 7) is 2.22. The summed E-state index contributed by atoms with van der Waals surface area (Å²) in [5, 5.41) is 0. The first-order chi connectivity index (χ1) is 5.90. The number of benzene rings is 1. The van der Waals surface area contributed by atoms with Crippen LogP contribution in [-0.4, -0.2) is 5.75 Å². The first kappa shape index (κ1) is 8.18. The van der Waals surface area contributed by atoms with Gasteiger partial charge >= 0.3 is 0 Å². The van der Waals surface area contributed by atoms with Gasteiger partial charge in [-0.3, -0.25) is 0 Å². The molecule has 0 atom stereocenters. The molecule has 0 fully saturated rings. The molecule has 1 aromatic carbocycles. The fourth-order valence-electron chi connectivity index (χ4n) is 1.63. The highest BCUT2D eigenvalue weighted by Gasteiger charge is 2.08. The summed E-state index contributed by atoms with van der Waals surface area (Å²) >= 11 is 2.01. The van der Waals surface area contributed by atoms with Crippen LogP contribution in [0.1, 0.15) is 24.5 Å². The van der Waals surface area contributed by atoms with E-state index in [2.05, 4.69) is 25.1 Å². The zero-order valence-corrected chi connectivity index (χ0v) is 8.29. The minimum atomic E-state index is 1.16. The number of hydrogen-bond donors (Lipinski definition) is 0. The van der Waals surface area contributed by atoms with Crippen LogP contribution in [0.15, 0.2) is 23.1 Å². The minimum absolute atomic E-state index is 1.16. The summed E-state index contributed by atoms with van der Waals surface area (Å²) in [4.78, 5) is 1.51. The number of rotatable bonds is 1. The normalized spacial score (nSPS) is 15.8. The van der Waals surface area contributed by atoms with Gasteiger partial charge in [0, 0.05) is 4.90 Å². The van der Waals surface area contributed by atoms with E-state index in [1.165, 1.54) is 29.1 Å².